The number of amides is 1. The van der Waals surface area contributed by atoms with Gasteiger partial charge in [0.15, 0.2) is 0 Å². The predicted molar refractivity (Wildman–Crippen MR) is 66.8 cm³/mol. The zero-order valence-electron chi connectivity index (χ0n) is 10.6. The Morgan fingerprint density at radius 1 is 1.22 bits per heavy atom. The molecule has 0 atom stereocenters. The first kappa shape index (κ1) is 12.2. The van der Waals surface area contributed by atoms with Crippen molar-refractivity contribution in [3.63, 3.8) is 0 Å². The molecule has 1 amide bonds. The summed E-state index contributed by atoms with van der Waals surface area (Å²) in [4.78, 5) is 39.8. The van der Waals surface area contributed by atoms with Crippen LogP contribution < -0.4 is 11.2 Å². The molecule has 0 bridgehead atoms. The van der Waals surface area contributed by atoms with Crippen LogP contribution in [0.4, 0.5) is 0 Å². The molecule has 7 nitrogen and oxygen atoms in total. The second kappa shape index (κ2) is 3.86. The quantitative estimate of drug-likeness (QED) is 0.724. The van der Waals surface area contributed by atoms with Crippen molar-refractivity contribution in [1.82, 2.24) is 19.0 Å². The van der Waals surface area contributed by atoms with Gasteiger partial charge < -0.3 is 9.88 Å². The van der Waals surface area contributed by atoms with Gasteiger partial charge in [0, 0.05) is 34.4 Å². The highest BCUT2D eigenvalue weighted by Gasteiger charge is 2.19. The predicted octanol–water partition coefficient (Wildman–Crippen LogP) is -0.733. The number of carbonyl (C=O) groups is 1. The van der Waals surface area contributed by atoms with Gasteiger partial charge in [-0.25, -0.2) is 4.79 Å². The minimum atomic E-state index is -0.458. The Bertz CT molecular complexity index is 748. The summed E-state index contributed by atoms with van der Waals surface area (Å²) < 4.78 is 2.30. The van der Waals surface area contributed by atoms with Crippen LogP contribution in [0.1, 0.15) is 10.4 Å². The number of fused-ring (bicyclic) bond motifs is 1. The molecule has 2 aromatic heterocycles. The van der Waals surface area contributed by atoms with E-state index in [0.29, 0.717) is 11.1 Å². The molecular formula is C11H14N4O3. The van der Waals surface area contributed by atoms with E-state index in [4.69, 9.17) is 0 Å². The maximum absolute atomic E-state index is 12.0. The molecule has 0 aliphatic carbocycles. The van der Waals surface area contributed by atoms with E-state index in [9.17, 15) is 14.4 Å². The second-order valence-corrected chi connectivity index (χ2v) is 4.33. The third-order valence-electron chi connectivity index (χ3n) is 2.92. The molecule has 0 radical (unpaired) electrons. The van der Waals surface area contributed by atoms with E-state index >= 15 is 0 Å². The molecule has 18 heavy (non-hydrogen) atoms. The van der Waals surface area contributed by atoms with Gasteiger partial charge in [-0.1, -0.05) is 0 Å². The molecule has 0 aromatic carbocycles. The highest BCUT2D eigenvalue weighted by atomic mass is 16.2. The van der Waals surface area contributed by atoms with E-state index in [1.54, 1.807) is 14.1 Å². The zero-order valence-corrected chi connectivity index (χ0v) is 10.6. The van der Waals surface area contributed by atoms with Gasteiger partial charge in [-0.15, -0.1) is 0 Å². The highest BCUT2D eigenvalue weighted by molar-refractivity contribution is 6.04. The monoisotopic (exact) mass is 250 g/mol. The van der Waals surface area contributed by atoms with Crippen LogP contribution in [0.5, 0.6) is 0 Å². The van der Waals surface area contributed by atoms with Crippen molar-refractivity contribution < 1.29 is 4.79 Å². The number of rotatable bonds is 1. The van der Waals surface area contributed by atoms with E-state index in [2.05, 4.69) is 4.98 Å². The molecule has 0 saturated carbocycles. The molecular weight excluding hydrogens is 236 g/mol. The van der Waals surface area contributed by atoms with Gasteiger partial charge in [0.05, 0.1) is 11.1 Å². The first-order valence-corrected chi connectivity index (χ1v) is 5.35. The molecule has 96 valence electrons. The molecule has 1 N–H and O–H groups in total. The Balaban J connectivity index is 2.95. The lowest BCUT2D eigenvalue weighted by Gasteiger charge is -2.10. The molecule has 7 heteroatoms. The third-order valence-corrected chi connectivity index (χ3v) is 2.92. The minimum Gasteiger partial charge on any atom is -0.355 e. The highest BCUT2D eigenvalue weighted by Crippen LogP contribution is 2.14. The van der Waals surface area contributed by atoms with Gasteiger partial charge >= 0.3 is 5.69 Å². The molecule has 2 aromatic rings. The summed E-state index contributed by atoms with van der Waals surface area (Å²) in [5, 5.41) is 0. The van der Waals surface area contributed by atoms with Gasteiger partial charge in [-0.05, 0) is 0 Å². The lowest BCUT2D eigenvalue weighted by molar-refractivity contribution is 0.0829. The SMILES string of the molecule is CN(C)C(=O)c1c[nH]c2c(=O)n(C)c(=O)n(C)c12. The summed E-state index contributed by atoms with van der Waals surface area (Å²) in [5.41, 5.74) is 0.00436. The van der Waals surface area contributed by atoms with Gasteiger partial charge in [-0.2, -0.15) is 0 Å². The van der Waals surface area contributed by atoms with Crippen molar-refractivity contribution in [2.75, 3.05) is 14.1 Å². The van der Waals surface area contributed by atoms with Crippen LogP contribution in [-0.2, 0) is 14.1 Å². The van der Waals surface area contributed by atoms with Crippen LogP contribution in [0, 0.1) is 0 Å². The molecule has 0 unspecified atom stereocenters. The van der Waals surface area contributed by atoms with Crippen molar-refractivity contribution in [2.45, 2.75) is 0 Å². The van der Waals surface area contributed by atoms with Gasteiger partial charge in [0.2, 0.25) is 0 Å². The lowest BCUT2D eigenvalue weighted by Crippen LogP contribution is -2.37. The van der Waals surface area contributed by atoms with Crippen molar-refractivity contribution in [2.24, 2.45) is 14.1 Å². The van der Waals surface area contributed by atoms with E-state index in [0.717, 1.165) is 4.57 Å². The summed E-state index contributed by atoms with van der Waals surface area (Å²) >= 11 is 0. The van der Waals surface area contributed by atoms with Crippen LogP contribution in [0.15, 0.2) is 15.8 Å². The smallest absolute Gasteiger partial charge is 0.331 e. The van der Waals surface area contributed by atoms with Crippen molar-refractivity contribution in [1.29, 1.82) is 0 Å². The zero-order chi connectivity index (χ0) is 13.6. The van der Waals surface area contributed by atoms with Crippen LogP contribution >= 0.6 is 0 Å². The van der Waals surface area contributed by atoms with Gasteiger partial charge in [0.25, 0.3) is 11.5 Å². The van der Waals surface area contributed by atoms with Crippen LogP contribution in [0.3, 0.4) is 0 Å². The number of nitrogens with one attached hydrogen (secondary N) is 1. The minimum absolute atomic E-state index is 0.254. The topological polar surface area (TPSA) is 80.1 Å². The fraction of sp³-hybridized carbons (Fsp3) is 0.364. The molecule has 0 aliphatic heterocycles. The maximum atomic E-state index is 12.0. The van der Waals surface area contributed by atoms with Crippen molar-refractivity contribution in [3.05, 3.63) is 32.6 Å². The summed E-state index contributed by atoms with van der Waals surface area (Å²) in [6.45, 7) is 0. The van der Waals surface area contributed by atoms with Crippen LogP contribution in [-0.4, -0.2) is 39.0 Å². The number of aryl methyl sites for hydroxylation is 1. The standard InChI is InChI=1S/C11H14N4O3/c1-13(2)9(16)6-5-12-7-8(6)14(3)11(18)15(4)10(7)17/h5,12H,1-4H3. The number of hydrogen-bond acceptors (Lipinski definition) is 3. The number of H-pyrrole nitrogens is 1. The maximum Gasteiger partial charge on any atom is 0.331 e. The molecule has 0 aliphatic rings. The third kappa shape index (κ3) is 1.47. The van der Waals surface area contributed by atoms with E-state index in [1.807, 2.05) is 0 Å². The number of hydrogen-bond donors (Lipinski definition) is 1. The fourth-order valence-electron chi connectivity index (χ4n) is 1.91. The van der Waals surface area contributed by atoms with Crippen LogP contribution in [0.25, 0.3) is 11.0 Å². The Labute approximate surface area is 102 Å². The second-order valence-electron chi connectivity index (χ2n) is 4.33. The summed E-state index contributed by atoms with van der Waals surface area (Å²) in [5.74, 6) is -0.260. The average Bonchev–Trinajstić information content (AvgIpc) is 2.77. The first-order chi connectivity index (χ1) is 8.36. The summed E-state index contributed by atoms with van der Waals surface area (Å²) in [6, 6.07) is 0. The first-order valence-electron chi connectivity index (χ1n) is 5.35. The summed E-state index contributed by atoms with van der Waals surface area (Å²) in [7, 11) is 6.16. The average molecular weight is 250 g/mol. The lowest BCUT2D eigenvalue weighted by atomic mass is 10.2. The molecule has 0 saturated heterocycles. The van der Waals surface area contributed by atoms with E-state index < -0.39 is 11.2 Å². The number of aromatic amines is 1. The molecule has 2 heterocycles. The largest absolute Gasteiger partial charge is 0.355 e. The van der Waals surface area contributed by atoms with Crippen molar-refractivity contribution in [3.8, 4) is 0 Å². The fourth-order valence-corrected chi connectivity index (χ4v) is 1.91. The Morgan fingerprint density at radius 3 is 2.39 bits per heavy atom. The molecule has 0 fully saturated rings. The molecule has 2 rings (SSSR count). The van der Waals surface area contributed by atoms with E-state index in [-0.39, 0.29) is 11.4 Å². The Kier molecular flexibility index (Phi) is 2.61. The van der Waals surface area contributed by atoms with E-state index in [1.165, 1.54) is 29.8 Å². The Morgan fingerprint density at radius 2 is 1.83 bits per heavy atom. The Hall–Kier alpha value is -2.31. The number of carbonyl (C=O) groups excluding carboxylic acids is 1. The normalized spacial score (nSPS) is 10.9. The summed E-state index contributed by atoms with van der Waals surface area (Å²) in [6.07, 6.45) is 1.45. The number of nitrogens with zero attached hydrogens (tertiary/aromatic N) is 3. The van der Waals surface area contributed by atoms with Crippen LogP contribution in [0.2, 0.25) is 0 Å². The number of aromatic nitrogens is 3. The van der Waals surface area contributed by atoms with Gasteiger partial charge in [-0.3, -0.25) is 18.7 Å². The molecule has 0 spiro atoms. The van der Waals surface area contributed by atoms with Gasteiger partial charge in [0.1, 0.15) is 5.52 Å². The van der Waals surface area contributed by atoms with Crippen molar-refractivity contribution >= 4 is 16.9 Å².